The highest BCUT2D eigenvalue weighted by atomic mass is 19.3. The minimum absolute atomic E-state index is 0.189. The predicted octanol–water partition coefficient (Wildman–Crippen LogP) is 6.03. The molecule has 3 rings (SSSR count). The SMILES string of the molecule is COc1ccc(-c2ccc3c(F)c(C=C(F)F)ccc3c2)c(F)c1. The summed E-state index contributed by atoms with van der Waals surface area (Å²) < 4.78 is 58.1. The lowest BCUT2D eigenvalue weighted by Crippen LogP contribution is -1.90. The Morgan fingerprint density at radius 3 is 2.42 bits per heavy atom. The van der Waals surface area contributed by atoms with Gasteiger partial charge in [0.1, 0.15) is 17.4 Å². The van der Waals surface area contributed by atoms with Gasteiger partial charge in [0.05, 0.1) is 7.11 Å². The van der Waals surface area contributed by atoms with Crippen LogP contribution in [0, 0.1) is 11.6 Å². The van der Waals surface area contributed by atoms with Crippen LogP contribution in [0.25, 0.3) is 28.0 Å². The van der Waals surface area contributed by atoms with Crippen LogP contribution in [0.5, 0.6) is 5.75 Å². The minimum Gasteiger partial charge on any atom is -0.497 e. The first-order valence-corrected chi connectivity index (χ1v) is 7.08. The summed E-state index contributed by atoms with van der Waals surface area (Å²) in [5.74, 6) is -0.803. The maximum absolute atomic E-state index is 14.3. The summed E-state index contributed by atoms with van der Waals surface area (Å²) in [5.41, 5.74) is 0.713. The fraction of sp³-hybridized carbons (Fsp3) is 0.0526. The first-order valence-electron chi connectivity index (χ1n) is 7.08. The van der Waals surface area contributed by atoms with Gasteiger partial charge in [0.25, 0.3) is 6.08 Å². The number of hydrogen-bond acceptors (Lipinski definition) is 1. The van der Waals surface area contributed by atoms with Crippen molar-refractivity contribution in [1.82, 2.24) is 0 Å². The molecule has 0 aliphatic carbocycles. The van der Waals surface area contributed by atoms with Crippen molar-refractivity contribution in [2.24, 2.45) is 0 Å². The van der Waals surface area contributed by atoms with Crippen LogP contribution in [-0.2, 0) is 0 Å². The molecule has 0 aromatic heterocycles. The van der Waals surface area contributed by atoms with Crippen molar-refractivity contribution in [3.63, 3.8) is 0 Å². The van der Waals surface area contributed by atoms with Crippen molar-refractivity contribution in [2.45, 2.75) is 0 Å². The molecule has 0 unspecified atom stereocenters. The summed E-state index contributed by atoms with van der Waals surface area (Å²) in [6.07, 6.45) is -1.49. The third-order valence-electron chi connectivity index (χ3n) is 3.74. The van der Waals surface area contributed by atoms with E-state index in [0.717, 1.165) is 0 Å². The molecule has 0 radical (unpaired) electrons. The summed E-state index contributed by atoms with van der Waals surface area (Å²) in [6, 6.07) is 11.9. The van der Waals surface area contributed by atoms with E-state index in [1.807, 2.05) is 0 Å². The normalized spacial score (nSPS) is 10.7. The van der Waals surface area contributed by atoms with Crippen LogP contribution in [0.15, 0.2) is 54.6 Å². The Kier molecular flexibility index (Phi) is 4.25. The molecule has 0 fully saturated rings. The Morgan fingerprint density at radius 1 is 0.958 bits per heavy atom. The summed E-state index contributed by atoms with van der Waals surface area (Å²) >= 11 is 0. The molecule has 0 bridgehead atoms. The molecule has 0 saturated carbocycles. The average Bonchev–Trinajstić information content (AvgIpc) is 2.56. The van der Waals surface area contributed by atoms with Crippen molar-refractivity contribution in [3.8, 4) is 16.9 Å². The molecule has 0 heterocycles. The summed E-state index contributed by atoms with van der Waals surface area (Å²) in [7, 11) is 1.44. The minimum atomic E-state index is -1.97. The lowest BCUT2D eigenvalue weighted by molar-refractivity contribution is 0.411. The first kappa shape index (κ1) is 16.1. The molecule has 3 aromatic rings. The second kappa shape index (κ2) is 6.35. The lowest BCUT2D eigenvalue weighted by atomic mass is 9.99. The molecular formula is C19H12F4O. The van der Waals surface area contributed by atoms with Gasteiger partial charge in [-0.25, -0.2) is 8.78 Å². The zero-order chi connectivity index (χ0) is 17.3. The zero-order valence-electron chi connectivity index (χ0n) is 12.6. The maximum atomic E-state index is 14.3. The van der Waals surface area contributed by atoms with Gasteiger partial charge in [-0.05, 0) is 29.1 Å². The summed E-state index contributed by atoms with van der Waals surface area (Å²) in [6.45, 7) is 0. The predicted molar refractivity (Wildman–Crippen MR) is 86.0 cm³/mol. The highest BCUT2D eigenvalue weighted by Crippen LogP contribution is 2.31. The summed E-state index contributed by atoms with van der Waals surface area (Å²) in [4.78, 5) is 0. The number of rotatable bonds is 3. The van der Waals surface area contributed by atoms with Gasteiger partial charge in [-0.2, -0.15) is 8.78 Å². The van der Waals surface area contributed by atoms with Crippen molar-refractivity contribution in [1.29, 1.82) is 0 Å². The Labute approximate surface area is 135 Å². The van der Waals surface area contributed by atoms with Crippen LogP contribution in [-0.4, -0.2) is 7.11 Å². The second-order valence-corrected chi connectivity index (χ2v) is 5.18. The Hall–Kier alpha value is -2.82. The molecule has 0 spiro atoms. The van der Waals surface area contributed by atoms with Crippen molar-refractivity contribution >= 4 is 16.8 Å². The molecule has 0 N–H and O–H groups in total. The molecule has 5 heteroatoms. The number of hydrogen-bond donors (Lipinski definition) is 0. The molecule has 24 heavy (non-hydrogen) atoms. The highest BCUT2D eigenvalue weighted by Gasteiger charge is 2.11. The van der Waals surface area contributed by atoms with Gasteiger partial charge >= 0.3 is 0 Å². The zero-order valence-corrected chi connectivity index (χ0v) is 12.6. The second-order valence-electron chi connectivity index (χ2n) is 5.18. The molecule has 3 aromatic carbocycles. The van der Waals surface area contributed by atoms with E-state index in [-0.39, 0.29) is 10.9 Å². The smallest absolute Gasteiger partial charge is 0.271 e. The van der Waals surface area contributed by atoms with Gasteiger partial charge in [-0.15, -0.1) is 0 Å². The fourth-order valence-corrected chi connectivity index (χ4v) is 2.56. The van der Waals surface area contributed by atoms with E-state index in [9.17, 15) is 17.6 Å². The molecule has 0 aliphatic rings. The molecule has 0 atom stereocenters. The van der Waals surface area contributed by atoms with E-state index in [1.54, 1.807) is 24.3 Å². The van der Waals surface area contributed by atoms with E-state index in [2.05, 4.69) is 0 Å². The number of benzene rings is 3. The van der Waals surface area contributed by atoms with Crippen LogP contribution in [0.4, 0.5) is 17.6 Å². The molecule has 1 nitrogen and oxygen atoms in total. The molecule has 0 saturated heterocycles. The average molecular weight is 332 g/mol. The topological polar surface area (TPSA) is 9.23 Å². The first-order chi connectivity index (χ1) is 11.5. The monoisotopic (exact) mass is 332 g/mol. The van der Waals surface area contributed by atoms with E-state index < -0.39 is 17.7 Å². The molecule has 0 amide bonds. The van der Waals surface area contributed by atoms with E-state index in [0.29, 0.717) is 28.3 Å². The van der Waals surface area contributed by atoms with Crippen LogP contribution in [0.2, 0.25) is 0 Å². The van der Waals surface area contributed by atoms with Crippen LogP contribution in [0.1, 0.15) is 5.56 Å². The Balaban J connectivity index is 2.11. The van der Waals surface area contributed by atoms with Crippen LogP contribution in [0.3, 0.4) is 0 Å². The molecule has 122 valence electrons. The third-order valence-corrected chi connectivity index (χ3v) is 3.74. The van der Waals surface area contributed by atoms with Gasteiger partial charge in [0, 0.05) is 28.7 Å². The van der Waals surface area contributed by atoms with E-state index in [4.69, 9.17) is 4.74 Å². The van der Waals surface area contributed by atoms with E-state index in [1.165, 1.54) is 31.4 Å². The Morgan fingerprint density at radius 2 is 1.75 bits per heavy atom. The maximum Gasteiger partial charge on any atom is 0.271 e. The quantitative estimate of drug-likeness (QED) is 0.532. The fourth-order valence-electron chi connectivity index (χ4n) is 2.56. The number of halogens is 4. The highest BCUT2D eigenvalue weighted by molar-refractivity contribution is 5.89. The van der Waals surface area contributed by atoms with Crippen molar-refractivity contribution in [3.05, 3.63) is 71.8 Å². The van der Waals surface area contributed by atoms with Crippen molar-refractivity contribution in [2.75, 3.05) is 7.11 Å². The molecule has 0 aliphatic heterocycles. The van der Waals surface area contributed by atoms with Gasteiger partial charge in [-0.1, -0.05) is 24.3 Å². The standard InChI is InChI=1S/C19H12F4O/c1-24-14-5-7-15(17(20)10-14)11-4-6-16-12(8-11)2-3-13(19(16)23)9-18(21)22/h2-10H,1H3. The van der Waals surface area contributed by atoms with Crippen LogP contribution < -0.4 is 4.74 Å². The number of methoxy groups -OCH3 is 1. The van der Waals surface area contributed by atoms with Gasteiger partial charge in [-0.3, -0.25) is 0 Å². The van der Waals surface area contributed by atoms with Gasteiger partial charge in [0.2, 0.25) is 0 Å². The largest absolute Gasteiger partial charge is 0.497 e. The third kappa shape index (κ3) is 2.97. The van der Waals surface area contributed by atoms with Gasteiger partial charge in [0.15, 0.2) is 0 Å². The number of ether oxygens (including phenoxy) is 1. The molecular weight excluding hydrogens is 320 g/mol. The lowest BCUT2D eigenvalue weighted by Gasteiger charge is -2.09. The van der Waals surface area contributed by atoms with Crippen molar-refractivity contribution < 1.29 is 22.3 Å². The summed E-state index contributed by atoms with van der Waals surface area (Å²) in [5, 5.41) is 0.694. The van der Waals surface area contributed by atoms with Gasteiger partial charge < -0.3 is 4.74 Å². The number of fused-ring (bicyclic) bond motifs is 1. The Bertz CT molecular complexity index is 943. The van der Waals surface area contributed by atoms with E-state index >= 15 is 0 Å². The van der Waals surface area contributed by atoms with Crippen LogP contribution >= 0.6 is 0 Å².